The molecule has 0 aliphatic carbocycles. The minimum Gasteiger partial charge on any atom is -0.382 e. The third-order valence-electron chi connectivity index (χ3n) is 1.74. The largest absolute Gasteiger partial charge is 0.382 e. The van der Waals surface area contributed by atoms with Gasteiger partial charge in [-0.25, -0.2) is 0 Å². The van der Waals surface area contributed by atoms with E-state index < -0.39 is 0 Å². The normalized spacial score (nSPS) is 9.80. The molecule has 1 N–H and O–H groups in total. The first-order valence-electron chi connectivity index (χ1n) is 4.63. The van der Waals surface area contributed by atoms with Crippen LogP contribution in [0.25, 0.3) is 0 Å². The lowest BCUT2D eigenvalue weighted by molar-refractivity contribution is -0.138. The summed E-state index contributed by atoms with van der Waals surface area (Å²) in [5.41, 5.74) is 0. The Morgan fingerprint density at radius 1 is 1.33 bits per heavy atom. The van der Waals surface area contributed by atoms with Gasteiger partial charge in [-0.3, -0.25) is 9.59 Å². The van der Waals surface area contributed by atoms with Gasteiger partial charge in [0.1, 0.15) is 6.61 Å². The average molecular weight is 218 g/mol. The molecule has 6 heteroatoms. The Bertz CT molecular complexity index is 208. The molecule has 0 aromatic heterocycles. The number of nitrogens with one attached hydrogen (secondary N) is 1. The van der Waals surface area contributed by atoms with E-state index >= 15 is 0 Å². The predicted molar refractivity (Wildman–Crippen MR) is 54.4 cm³/mol. The van der Waals surface area contributed by atoms with Crippen molar-refractivity contribution in [2.75, 3.05) is 47.6 Å². The van der Waals surface area contributed by atoms with Crippen molar-refractivity contribution >= 4 is 11.8 Å². The fraction of sp³-hybridized carbons (Fsp3) is 0.778. The van der Waals surface area contributed by atoms with Crippen molar-refractivity contribution in [2.24, 2.45) is 0 Å². The molecule has 6 nitrogen and oxygen atoms in total. The average Bonchev–Trinajstić information content (AvgIpc) is 2.23. The second-order valence-corrected chi connectivity index (χ2v) is 2.97. The molecule has 88 valence electrons. The zero-order valence-corrected chi connectivity index (χ0v) is 9.41. The highest BCUT2D eigenvalue weighted by Gasteiger charge is 2.11. The van der Waals surface area contributed by atoms with Crippen molar-refractivity contribution in [3.63, 3.8) is 0 Å². The standard InChI is InChI=1S/C9H18N2O4/c1-10-8(12)6-11(2)9(13)7-15-5-4-14-3/h4-7H2,1-3H3,(H,10,12). The number of amides is 2. The van der Waals surface area contributed by atoms with E-state index in [1.165, 1.54) is 11.9 Å². The number of carbonyl (C=O) groups excluding carboxylic acids is 2. The van der Waals surface area contributed by atoms with Crippen LogP contribution in [0.5, 0.6) is 0 Å². The summed E-state index contributed by atoms with van der Waals surface area (Å²) in [5.74, 6) is -0.433. The molecule has 0 spiro atoms. The van der Waals surface area contributed by atoms with Crippen LogP contribution in [0.4, 0.5) is 0 Å². The number of ether oxygens (including phenoxy) is 2. The van der Waals surface area contributed by atoms with Gasteiger partial charge in [0.05, 0.1) is 19.8 Å². The van der Waals surface area contributed by atoms with Crippen LogP contribution in [0, 0.1) is 0 Å². The van der Waals surface area contributed by atoms with E-state index in [0.29, 0.717) is 13.2 Å². The molecule has 0 atom stereocenters. The predicted octanol–water partition coefficient (Wildman–Crippen LogP) is -1.15. The van der Waals surface area contributed by atoms with Crippen molar-refractivity contribution < 1.29 is 19.1 Å². The van der Waals surface area contributed by atoms with Crippen LogP contribution in [0.15, 0.2) is 0 Å². The first-order valence-corrected chi connectivity index (χ1v) is 4.63. The van der Waals surface area contributed by atoms with Crippen molar-refractivity contribution in [1.29, 1.82) is 0 Å². The fourth-order valence-electron chi connectivity index (χ4n) is 0.795. The van der Waals surface area contributed by atoms with E-state index in [9.17, 15) is 9.59 Å². The highest BCUT2D eigenvalue weighted by Crippen LogP contribution is 1.86. The summed E-state index contributed by atoms with van der Waals surface area (Å²) in [6, 6.07) is 0. The van der Waals surface area contributed by atoms with Gasteiger partial charge in [-0.15, -0.1) is 0 Å². The van der Waals surface area contributed by atoms with E-state index in [-0.39, 0.29) is 25.0 Å². The molecule has 0 rings (SSSR count). The summed E-state index contributed by atoms with van der Waals surface area (Å²) in [6.45, 7) is 0.836. The number of rotatable bonds is 7. The van der Waals surface area contributed by atoms with Gasteiger partial charge in [0.25, 0.3) is 0 Å². The monoisotopic (exact) mass is 218 g/mol. The molecule has 2 amide bonds. The first kappa shape index (κ1) is 13.9. The number of likely N-dealkylation sites (N-methyl/N-ethyl adjacent to an activating group) is 2. The molecule has 0 unspecified atom stereocenters. The van der Waals surface area contributed by atoms with Gasteiger partial charge >= 0.3 is 0 Å². The molecular weight excluding hydrogens is 200 g/mol. The smallest absolute Gasteiger partial charge is 0.248 e. The number of methoxy groups -OCH3 is 1. The van der Waals surface area contributed by atoms with Gasteiger partial charge in [0, 0.05) is 21.2 Å². The maximum atomic E-state index is 11.3. The molecule has 0 aliphatic heterocycles. The summed E-state index contributed by atoms with van der Waals surface area (Å²) >= 11 is 0. The summed E-state index contributed by atoms with van der Waals surface area (Å²) in [5, 5.41) is 2.43. The molecule has 0 saturated carbocycles. The number of hydrogen-bond acceptors (Lipinski definition) is 4. The summed E-state index contributed by atoms with van der Waals surface area (Å²) < 4.78 is 9.78. The second kappa shape index (κ2) is 8.19. The lowest BCUT2D eigenvalue weighted by atomic mass is 10.5. The van der Waals surface area contributed by atoms with Crippen LogP contribution in [-0.4, -0.2) is 64.3 Å². The van der Waals surface area contributed by atoms with E-state index in [0.717, 1.165) is 0 Å². The third-order valence-corrected chi connectivity index (χ3v) is 1.74. The Labute approximate surface area is 89.5 Å². The number of hydrogen-bond donors (Lipinski definition) is 1. The van der Waals surface area contributed by atoms with Crippen LogP contribution >= 0.6 is 0 Å². The number of nitrogens with zero attached hydrogens (tertiary/aromatic N) is 1. The van der Waals surface area contributed by atoms with Gasteiger partial charge in [0.2, 0.25) is 11.8 Å². The molecular formula is C9H18N2O4. The highest BCUT2D eigenvalue weighted by atomic mass is 16.5. The second-order valence-electron chi connectivity index (χ2n) is 2.97. The Hall–Kier alpha value is -1.14. The van der Waals surface area contributed by atoms with E-state index in [1.807, 2.05) is 0 Å². The van der Waals surface area contributed by atoms with Crippen molar-refractivity contribution in [1.82, 2.24) is 10.2 Å². The Balaban J connectivity index is 3.64. The summed E-state index contributed by atoms with van der Waals surface area (Å²) in [7, 11) is 4.63. The van der Waals surface area contributed by atoms with E-state index in [2.05, 4.69) is 5.32 Å². The third kappa shape index (κ3) is 6.87. The lowest BCUT2D eigenvalue weighted by Gasteiger charge is -2.15. The molecule has 0 aromatic rings. The molecule has 0 heterocycles. The van der Waals surface area contributed by atoms with Crippen LogP contribution < -0.4 is 5.32 Å². The summed E-state index contributed by atoms with van der Waals surface area (Å²) in [4.78, 5) is 23.6. The number of carbonyl (C=O) groups is 2. The molecule has 15 heavy (non-hydrogen) atoms. The quantitative estimate of drug-likeness (QED) is 0.548. The Morgan fingerprint density at radius 2 is 2.00 bits per heavy atom. The molecule has 0 fully saturated rings. The molecule has 0 aliphatic rings. The van der Waals surface area contributed by atoms with Crippen molar-refractivity contribution in [3.8, 4) is 0 Å². The molecule has 0 aromatic carbocycles. The van der Waals surface area contributed by atoms with Gasteiger partial charge in [0.15, 0.2) is 0 Å². The maximum absolute atomic E-state index is 11.3. The van der Waals surface area contributed by atoms with Crippen LogP contribution in [0.3, 0.4) is 0 Å². The van der Waals surface area contributed by atoms with Crippen molar-refractivity contribution in [2.45, 2.75) is 0 Å². The van der Waals surface area contributed by atoms with E-state index in [4.69, 9.17) is 9.47 Å². The lowest BCUT2D eigenvalue weighted by Crippen LogP contribution is -2.38. The SMILES string of the molecule is CNC(=O)CN(C)C(=O)COCCOC. The van der Waals surface area contributed by atoms with Gasteiger partial charge in [-0.1, -0.05) is 0 Å². The van der Waals surface area contributed by atoms with Crippen LogP contribution in [0.1, 0.15) is 0 Å². The van der Waals surface area contributed by atoms with Gasteiger partial charge in [-0.2, -0.15) is 0 Å². The van der Waals surface area contributed by atoms with Gasteiger partial charge in [-0.05, 0) is 0 Å². The van der Waals surface area contributed by atoms with Crippen molar-refractivity contribution in [3.05, 3.63) is 0 Å². The van der Waals surface area contributed by atoms with Gasteiger partial charge < -0.3 is 19.7 Å². The van der Waals surface area contributed by atoms with Crippen LogP contribution in [-0.2, 0) is 19.1 Å². The Morgan fingerprint density at radius 3 is 2.53 bits per heavy atom. The molecule has 0 radical (unpaired) electrons. The topological polar surface area (TPSA) is 67.9 Å². The summed E-state index contributed by atoms with van der Waals surface area (Å²) in [6.07, 6.45) is 0. The highest BCUT2D eigenvalue weighted by molar-refractivity contribution is 5.84. The Kier molecular flexibility index (Phi) is 7.57. The maximum Gasteiger partial charge on any atom is 0.248 e. The first-order chi connectivity index (χ1) is 7.11. The zero-order chi connectivity index (χ0) is 11.7. The fourth-order valence-corrected chi connectivity index (χ4v) is 0.795. The van der Waals surface area contributed by atoms with Crippen LogP contribution in [0.2, 0.25) is 0 Å². The zero-order valence-electron chi connectivity index (χ0n) is 9.41. The molecule has 0 saturated heterocycles. The minimum absolute atomic E-state index is 0.0309. The minimum atomic E-state index is -0.227. The molecule has 0 bridgehead atoms. The van der Waals surface area contributed by atoms with E-state index in [1.54, 1.807) is 14.2 Å².